The van der Waals surface area contributed by atoms with E-state index in [1.54, 1.807) is 0 Å². The molecule has 1 N–H and O–H groups in total. The number of amides is 1. The van der Waals surface area contributed by atoms with Gasteiger partial charge in [-0.3, -0.25) is 14.9 Å². The number of anilines is 1. The number of nitrogens with zero attached hydrogens (tertiary/aromatic N) is 2. The van der Waals surface area contributed by atoms with Gasteiger partial charge in [0.25, 0.3) is 11.6 Å². The van der Waals surface area contributed by atoms with Crippen molar-refractivity contribution in [1.29, 1.82) is 0 Å². The Morgan fingerprint density at radius 3 is 2.33 bits per heavy atom. The maximum atomic E-state index is 12.5. The Balaban J connectivity index is 1.78. The smallest absolute Gasteiger partial charge is 0.271 e. The second kappa shape index (κ2) is 7.63. The van der Waals surface area contributed by atoms with Crippen LogP contribution in [0.25, 0.3) is 0 Å². The molecule has 142 valence electrons. The lowest BCUT2D eigenvalue weighted by Gasteiger charge is -2.15. The highest BCUT2D eigenvalue weighted by Gasteiger charge is 2.27. The molecule has 1 aliphatic rings. The summed E-state index contributed by atoms with van der Waals surface area (Å²) in [7, 11) is -3.56. The van der Waals surface area contributed by atoms with Crippen LogP contribution in [0.15, 0.2) is 47.4 Å². The monoisotopic (exact) mass is 409 g/mol. The Hall–Kier alpha value is -2.49. The van der Waals surface area contributed by atoms with Crippen molar-refractivity contribution >= 4 is 38.9 Å². The van der Waals surface area contributed by atoms with Crippen molar-refractivity contribution in [3.05, 3.63) is 63.2 Å². The number of rotatable bonds is 5. The molecule has 1 aliphatic heterocycles. The van der Waals surface area contributed by atoms with Crippen molar-refractivity contribution in [2.45, 2.75) is 17.7 Å². The third kappa shape index (κ3) is 4.10. The number of carbonyl (C=O) groups excluding carboxylic acids is 1. The molecule has 1 saturated heterocycles. The van der Waals surface area contributed by atoms with E-state index in [4.69, 9.17) is 11.6 Å². The number of hydrogen-bond acceptors (Lipinski definition) is 5. The van der Waals surface area contributed by atoms with Crippen LogP contribution in [-0.2, 0) is 10.0 Å². The average Bonchev–Trinajstić information content (AvgIpc) is 3.19. The van der Waals surface area contributed by atoms with Crippen LogP contribution in [0.4, 0.5) is 11.4 Å². The first kappa shape index (κ1) is 19.3. The molecule has 0 aromatic heterocycles. The van der Waals surface area contributed by atoms with Gasteiger partial charge in [-0.25, -0.2) is 8.42 Å². The van der Waals surface area contributed by atoms with Gasteiger partial charge in [-0.1, -0.05) is 11.6 Å². The van der Waals surface area contributed by atoms with E-state index in [1.165, 1.54) is 40.7 Å². The standard InChI is InChI=1S/C17H16ClN3O5S/c18-15-8-5-13(21(23)24)11-16(15)19-17(22)12-3-6-14(7-4-12)27(25,26)20-9-1-2-10-20/h3-8,11H,1-2,9-10H2,(H,19,22). The molecular formula is C17H16ClN3O5S. The van der Waals surface area contributed by atoms with Crippen LogP contribution in [0.5, 0.6) is 0 Å². The summed E-state index contributed by atoms with van der Waals surface area (Å²) in [6, 6.07) is 9.24. The first-order chi connectivity index (χ1) is 12.8. The number of non-ortho nitro benzene ring substituents is 1. The predicted molar refractivity (Wildman–Crippen MR) is 100 cm³/mol. The molecule has 2 aromatic rings. The number of carbonyl (C=O) groups is 1. The minimum absolute atomic E-state index is 0.102. The zero-order chi connectivity index (χ0) is 19.6. The molecule has 2 aromatic carbocycles. The molecule has 10 heteroatoms. The summed E-state index contributed by atoms with van der Waals surface area (Å²) in [4.78, 5) is 22.7. The zero-order valence-electron chi connectivity index (χ0n) is 14.1. The quantitative estimate of drug-likeness (QED) is 0.601. The number of benzene rings is 2. The van der Waals surface area contributed by atoms with Crippen molar-refractivity contribution in [1.82, 2.24) is 4.31 Å². The highest BCUT2D eigenvalue weighted by molar-refractivity contribution is 7.89. The van der Waals surface area contributed by atoms with Crippen molar-refractivity contribution in [2.75, 3.05) is 18.4 Å². The lowest BCUT2D eigenvalue weighted by molar-refractivity contribution is -0.384. The van der Waals surface area contributed by atoms with Crippen molar-refractivity contribution in [3.8, 4) is 0 Å². The minimum atomic E-state index is -3.56. The van der Waals surface area contributed by atoms with Gasteiger partial charge < -0.3 is 5.32 Å². The van der Waals surface area contributed by atoms with E-state index in [2.05, 4.69) is 5.32 Å². The van der Waals surface area contributed by atoms with Crippen molar-refractivity contribution < 1.29 is 18.1 Å². The lowest BCUT2D eigenvalue weighted by Crippen LogP contribution is -2.27. The number of nitro benzene ring substituents is 1. The molecule has 1 amide bonds. The molecule has 8 nitrogen and oxygen atoms in total. The van der Waals surface area contributed by atoms with Crippen LogP contribution in [0.3, 0.4) is 0 Å². The van der Waals surface area contributed by atoms with Crippen molar-refractivity contribution in [3.63, 3.8) is 0 Å². The lowest BCUT2D eigenvalue weighted by atomic mass is 10.2. The normalized spacial score (nSPS) is 14.9. The highest BCUT2D eigenvalue weighted by atomic mass is 35.5. The van der Waals surface area contributed by atoms with E-state index in [-0.39, 0.29) is 26.9 Å². The first-order valence-electron chi connectivity index (χ1n) is 8.14. The summed E-state index contributed by atoms with van der Waals surface area (Å²) in [6.45, 7) is 0.992. The SMILES string of the molecule is O=C(Nc1cc([N+](=O)[O-])ccc1Cl)c1ccc(S(=O)(=O)N2CCCC2)cc1. The van der Waals surface area contributed by atoms with Crippen molar-refractivity contribution in [2.24, 2.45) is 0 Å². The van der Waals surface area contributed by atoms with E-state index in [0.29, 0.717) is 13.1 Å². The molecule has 1 fully saturated rings. The maximum absolute atomic E-state index is 12.5. The molecule has 27 heavy (non-hydrogen) atoms. The van der Waals surface area contributed by atoms with Gasteiger partial charge in [0.05, 0.1) is 20.5 Å². The van der Waals surface area contributed by atoms with Crippen LogP contribution < -0.4 is 5.32 Å². The number of nitro groups is 1. The zero-order valence-corrected chi connectivity index (χ0v) is 15.7. The summed E-state index contributed by atoms with van der Waals surface area (Å²) in [5, 5.41) is 13.5. The van der Waals surface area contributed by atoms with E-state index in [1.807, 2.05) is 0 Å². The van der Waals surface area contributed by atoms with Crippen LogP contribution in [0.2, 0.25) is 5.02 Å². The molecule has 0 saturated carbocycles. The topological polar surface area (TPSA) is 110 Å². The fraction of sp³-hybridized carbons (Fsp3) is 0.235. The van der Waals surface area contributed by atoms with Gasteiger partial charge >= 0.3 is 0 Å². The Morgan fingerprint density at radius 2 is 1.74 bits per heavy atom. The number of sulfonamides is 1. The van der Waals surface area contributed by atoms with Gasteiger partial charge in [0, 0.05) is 30.8 Å². The Kier molecular flexibility index (Phi) is 5.45. The van der Waals surface area contributed by atoms with Gasteiger partial charge in [-0.15, -0.1) is 0 Å². The summed E-state index contributed by atoms with van der Waals surface area (Å²) >= 11 is 5.97. The van der Waals surface area contributed by atoms with Crippen LogP contribution in [0.1, 0.15) is 23.2 Å². The second-order valence-corrected chi connectivity index (χ2v) is 8.36. The van der Waals surface area contributed by atoms with Gasteiger partial charge in [0.1, 0.15) is 0 Å². The number of nitrogens with one attached hydrogen (secondary N) is 1. The summed E-state index contributed by atoms with van der Waals surface area (Å²) in [5.74, 6) is -0.553. The van der Waals surface area contributed by atoms with E-state index < -0.39 is 20.9 Å². The fourth-order valence-electron chi connectivity index (χ4n) is 2.77. The predicted octanol–water partition coefficient (Wildman–Crippen LogP) is 3.29. The van der Waals surface area contributed by atoms with E-state index >= 15 is 0 Å². The molecule has 0 radical (unpaired) electrons. The molecule has 0 unspecified atom stereocenters. The number of halogens is 1. The third-order valence-corrected chi connectivity index (χ3v) is 6.47. The summed E-state index contributed by atoms with van der Waals surface area (Å²) < 4.78 is 26.4. The average molecular weight is 410 g/mol. The molecule has 3 rings (SSSR count). The summed E-state index contributed by atoms with van der Waals surface area (Å²) in [6.07, 6.45) is 1.67. The van der Waals surface area contributed by atoms with Crippen LogP contribution >= 0.6 is 11.6 Å². The molecule has 0 spiro atoms. The third-order valence-electron chi connectivity index (χ3n) is 4.23. The van der Waals surface area contributed by atoms with Gasteiger partial charge in [0.15, 0.2) is 0 Å². The number of hydrogen-bond donors (Lipinski definition) is 1. The van der Waals surface area contributed by atoms with Gasteiger partial charge in [-0.2, -0.15) is 4.31 Å². The van der Waals surface area contributed by atoms with E-state index in [9.17, 15) is 23.3 Å². The molecule has 0 atom stereocenters. The molecular weight excluding hydrogens is 394 g/mol. The summed E-state index contributed by atoms with van der Waals surface area (Å²) in [5.41, 5.74) is 0.101. The Morgan fingerprint density at radius 1 is 1.11 bits per heavy atom. The minimum Gasteiger partial charge on any atom is -0.320 e. The Bertz CT molecular complexity index is 986. The highest BCUT2D eigenvalue weighted by Crippen LogP contribution is 2.27. The fourth-order valence-corrected chi connectivity index (χ4v) is 4.45. The Labute approximate surface area is 160 Å². The van der Waals surface area contributed by atoms with Gasteiger partial charge in [-0.05, 0) is 43.2 Å². The van der Waals surface area contributed by atoms with E-state index in [0.717, 1.165) is 18.9 Å². The van der Waals surface area contributed by atoms with Crippen LogP contribution in [0, 0.1) is 10.1 Å². The molecule has 0 aliphatic carbocycles. The molecule has 0 bridgehead atoms. The van der Waals surface area contributed by atoms with Crippen LogP contribution in [-0.4, -0.2) is 36.6 Å². The van der Waals surface area contributed by atoms with Gasteiger partial charge in [0.2, 0.25) is 10.0 Å². The maximum Gasteiger partial charge on any atom is 0.271 e. The largest absolute Gasteiger partial charge is 0.320 e. The first-order valence-corrected chi connectivity index (χ1v) is 9.96. The molecule has 1 heterocycles. The second-order valence-electron chi connectivity index (χ2n) is 6.01.